The summed E-state index contributed by atoms with van der Waals surface area (Å²) in [5, 5.41) is 18.2. The second-order valence-corrected chi connectivity index (χ2v) is 3.72. The standard InChI is InChI=1S/C7H7N7O3/c1-7(2-12-6(17-7)8-3-10-12)13-4-9-5(11-13)14(15)16/h3-4H,2H2,1H3. The van der Waals surface area contributed by atoms with Gasteiger partial charge in [0.05, 0.1) is 0 Å². The SMILES string of the molecule is CC1(n2cnc([N+](=O)[O-])n2)Cn2ncnc2O1. The van der Waals surface area contributed by atoms with Crippen LogP contribution in [0.4, 0.5) is 5.95 Å². The zero-order valence-electron chi connectivity index (χ0n) is 8.72. The van der Waals surface area contributed by atoms with Crippen LogP contribution in [0.25, 0.3) is 0 Å². The molecule has 0 radical (unpaired) electrons. The molecule has 0 saturated carbocycles. The van der Waals surface area contributed by atoms with Gasteiger partial charge in [-0.05, 0) is 11.8 Å². The summed E-state index contributed by atoms with van der Waals surface area (Å²) in [6, 6.07) is 0.352. The maximum Gasteiger partial charge on any atom is 0.491 e. The molecule has 0 amide bonds. The molecule has 2 aromatic rings. The minimum absolute atomic E-state index is 0.352. The van der Waals surface area contributed by atoms with Crippen molar-refractivity contribution in [2.75, 3.05) is 0 Å². The highest BCUT2D eigenvalue weighted by molar-refractivity contribution is 5.04. The van der Waals surface area contributed by atoms with Crippen LogP contribution in [0.5, 0.6) is 6.01 Å². The van der Waals surface area contributed by atoms with Gasteiger partial charge in [0.25, 0.3) is 0 Å². The van der Waals surface area contributed by atoms with Gasteiger partial charge in [-0.1, -0.05) is 4.98 Å². The van der Waals surface area contributed by atoms with Crippen molar-refractivity contribution in [2.24, 2.45) is 0 Å². The summed E-state index contributed by atoms with van der Waals surface area (Å²) in [7, 11) is 0. The third-order valence-electron chi connectivity index (χ3n) is 2.46. The van der Waals surface area contributed by atoms with E-state index in [2.05, 4.69) is 20.2 Å². The summed E-state index contributed by atoms with van der Waals surface area (Å²) in [5.41, 5.74) is -0.891. The third kappa shape index (κ3) is 1.33. The van der Waals surface area contributed by atoms with Crippen LogP contribution in [0, 0.1) is 10.1 Å². The van der Waals surface area contributed by atoms with Gasteiger partial charge in [0, 0.05) is 5.10 Å². The van der Waals surface area contributed by atoms with Crippen molar-refractivity contribution in [3.63, 3.8) is 0 Å². The van der Waals surface area contributed by atoms with Crippen molar-refractivity contribution in [1.82, 2.24) is 29.5 Å². The van der Waals surface area contributed by atoms with Crippen LogP contribution in [0.15, 0.2) is 12.7 Å². The van der Waals surface area contributed by atoms with Gasteiger partial charge < -0.3 is 14.9 Å². The van der Waals surface area contributed by atoms with E-state index in [4.69, 9.17) is 4.74 Å². The van der Waals surface area contributed by atoms with Crippen molar-refractivity contribution in [2.45, 2.75) is 19.2 Å². The van der Waals surface area contributed by atoms with Crippen molar-refractivity contribution >= 4 is 5.95 Å². The molecular formula is C7H7N7O3. The van der Waals surface area contributed by atoms with E-state index in [1.54, 1.807) is 11.6 Å². The Labute approximate surface area is 94.0 Å². The molecule has 1 aliphatic heterocycles. The predicted molar refractivity (Wildman–Crippen MR) is 51.0 cm³/mol. The lowest BCUT2D eigenvalue weighted by Gasteiger charge is -2.18. The molecule has 0 aliphatic carbocycles. The first-order chi connectivity index (χ1) is 8.08. The maximum atomic E-state index is 10.5. The minimum Gasteiger partial charge on any atom is -0.432 e. The maximum absolute atomic E-state index is 10.5. The number of nitrogens with zero attached hydrogens (tertiary/aromatic N) is 7. The van der Waals surface area contributed by atoms with E-state index in [1.807, 2.05) is 0 Å². The number of fused-ring (bicyclic) bond motifs is 1. The zero-order chi connectivity index (χ0) is 12.0. The molecule has 1 unspecified atom stereocenters. The average molecular weight is 237 g/mol. The van der Waals surface area contributed by atoms with Crippen molar-refractivity contribution in [3.8, 4) is 6.01 Å². The molecule has 10 nitrogen and oxygen atoms in total. The van der Waals surface area contributed by atoms with E-state index < -0.39 is 16.6 Å². The van der Waals surface area contributed by atoms with Gasteiger partial charge in [-0.2, -0.15) is 10.1 Å². The number of nitro groups is 1. The predicted octanol–water partition coefficient (Wildman–Crippen LogP) is -0.457. The quantitative estimate of drug-likeness (QED) is 0.512. The zero-order valence-corrected chi connectivity index (χ0v) is 8.72. The Balaban J connectivity index is 1.94. The van der Waals surface area contributed by atoms with Crippen LogP contribution in [0.2, 0.25) is 0 Å². The molecule has 17 heavy (non-hydrogen) atoms. The van der Waals surface area contributed by atoms with Gasteiger partial charge in [0.2, 0.25) is 12.1 Å². The molecule has 0 fully saturated rings. The highest BCUT2D eigenvalue weighted by Crippen LogP contribution is 2.29. The number of hydrogen-bond donors (Lipinski definition) is 0. The molecule has 0 aromatic carbocycles. The minimum atomic E-state index is -0.891. The van der Waals surface area contributed by atoms with Gasteiger partial charge in [-0.25, -0.2) is 4.68 Å². The second kappa shape index (κ2) is 2.99. The summed E-state index contributed by atoms with van der Waals surface area (Å²) in [5.74, 6) is -0.465. The van der Waals surface area contributed by atoms with Crippen LogP contribution in [-0.2, 0) is 12.3 Å². The Morgan fingerprint density at radius 1 is 1.59 bits per heavy atom. The van der Waals surface area contributed by atoms with E-state index in [0.717, 1.165) is 0 Å². The van der Waals surface area contributed by atoms with E-state index in [-0.39, 0.29) is 0 Å². The van der Waals surface area contributed by atoms with Crippen LogP contribution in [0.1, 0.15) is 6.92 Å². The Bertz CT molecular complexity index is 567. The smallest absolute Gasteiger partial charge is 0.432 e. The molecule has 88 valence electrons. The first-order valence-corrected chi connectivity index (χ1v) is 4.72. The monoisotopic (exact) mass is 237 g/mol. The number of ether oxygens (including phenoxy) is 1. The Kier molecular flexibility index (Phi) is 1.71. The summed E-state index contributed by atoms with van der Waals surface area (Å²) in [4.78, 5) is 17.3. The summed E-state index contributed by atoms with van der Waals surface area (Å²) in [6.07, 6.45) is 2.63. The van der Waals surface area contributed by atoms with Crippen molar-refractivity contribution < 1.29 is 9.66 Å². The Morgan fingerprint density at radius 2 is 2.41 bits per heavy atom. The van der Waals surface area contributed by atoms with Gasteiger partial charge >= 0.3 is 12.0 Å². The summed E-state index contributed by atoms with van der Waals surface area (Å²) in [6.45, 7) is 2.09. The molecule has 3 rings (SSSR count). The highest BCUT2D eigenvalue weighted by Gasteiger charge is 2.42. The first-order valence-electron chi connectivity index (χ1n) is 4.72. The highest BCUT2D eigenvalue weighted by atomic mass is 16.6. The molecule has 10 heteroatoms. The van der Waals surface area contributed by atoms with Gasteiger partial charge in [-0.15, -0.1) is 4.68 Å². The lowest BCUT2D eigenvalue weighted by Crippen LogP contribution is -2.36. The van der Waals surface area contributed by atoms with Crippen molar-refractivity contribution in [1.29, 1.82) is 0 Å². The van der Waals surface area contributed by atoms with Gasteiger partial charge in [0.15, 0.2) is 0 Å². The largest absolute Gasteiger partial charge is 0.491 e. The van der Waals surface area contributed by atoms with E-state index >= 15 is 0 Å². The summed E-state index contributed by atoms with van der Waals surface area (Å²) < 4.78 is 8.38. The molecule has 1 atom stereocenters. The van der Waals surface area contributed by atoms with Crippen LogP contribution in [0.3, 0.4) is 0 Å². The average Bonchev–Trinajstić information content (AvgIpc) is 2.88. The van der Waals surface area contributed by atoms with Crippen LogP contribution >= 0.6 is 0 Å². The molecule has 3 heterocycles. The first kappa shape index (κ1) is 9.69. The molecule has 0 spiro atoms. The van der Waals surface area contributed by atoms with E-state index in [0.29, 0.717) is 12.6 Å². The molecule has 0 saturated heterocycles. The normalized spacial score (nSPS) is 22.2. The van der Waals surface area contributed by atoms with E-state index in [1.165, 1.54) is 17.3 Å². The van der Waals surface area contributed by atoms with Gasteiger partial charge in [0.1, 0.15) is 12.9 Å². The van der Waals surface area contributed by atoms with Crippen LogP contribution < -0.4 is 4.74 Å². The molecule has 1 aliphatic rings. The fourth-order valence-corrected chi connectivity index (χ4v) is 1.63. The topological polar surface area (TPSA) is 114 Å². The van der Waals surface area contributed by atoms with Crippen molar-refractivity contribution in [3.05, 3.63) is 22.8 Å². The molecule has 0 N–H and O–H groups in total. The summed E-state index contributed by atoms with van der Waals surface area (Å²) >= 11 is 0. The lowest BCUT2D eigenvalue weighted by atomic mass is 10.3. The number of hydrogen-bond acceptors (Lipinski definition) is 7. The molecule has 0 bridgehead atoms. The number of rotatable bonds is 2. The second-order valence-electron chi connectivity index (χ2n) is 3.72. The number of aromatic nitrogens is 6. The fraction of sp³-hybridized carbons (Fsp3) is 0.429. The molecular weight excluding hydrogens is 230 g/mol. The molecule has 2 aromatic heterocycles. The third-order valence-corrected chi connectivity index (χ3v) is 2.46. The lowest BCUT2D eigenvalue weighted by molar-refractivity contribution is -0.394. The Hall–Kier alpha value is -2.52. The van der Waals surface area contributed by atoms with Gasteiger partial charge in [-0.3, -0.25) is 0 Å². The Morgan fingerprint density at radius 3 is 3.06 bits per heavy atom. The van der Waals surface area contributed by atoms with E-state index in [9.17, 15) is 10.1 Å². The fourth-order valence-electron chi connectivity index (χ4n) is 1.63. The van der Waals surface area contributed by atoms with Crippen LogP contribution in [-0.4, -0.2) is 34.5 Å².